The van der Waals surface area contributed by atoms with Gasteiger partial charge in [0.1, 0.15) is 11.5 Å². The molecule has 0 aliphatic rings. The van der Waals surface area contributed by atoms with Crippen LogP contribution in [0.4, 0.5) is 4.39 Å². The van der Waals surface area contributed by atoms with Crippen LogP contribution in [-0.2, 0) is 0 Å². The van der Waals surface area contributed by atoms with Crippen molar-refractivity contribution in [3.63, 3.8) is 0 Å². The molecule has 21 heavy (non-hydrogen) atoms. The Bertz CT molecular complexity index is 810. The molecule has 0 saturated carbocycles. The molecule has 4 nitrogen and oxygen atoms in total. The Hall–Kier alpha value is -2.34. The minimum Gasteiger partial charge on any atom is -0.291 e. The lowest BCUT2D eigenvalue weighted by molar-refractivity contribution is 0.555. The van der Waals surface area contributed by atoms with Gasteiger partial charge < -0.3 is 0 Å². The van der Waals surface area contributed by atoms with Gasteiger partial charge in [-0.05, 0) is 37.3 Å². The molecule has 6 heteroatoms. The predicted octanol–water partition coefficient (Wildman–Crippen LogP) is 3.75. The fraction of sp³-hybridized carbons (Fsp3) is 0.133. The molecule has 0 radical (unpaired) electrons. The molecule has 2 aromatic heterocycles. The zero-order valence-electron chi connectivity index (χ0n) is 11.3. The zero-order chi connectivity index (χ0) is 14.8. The van der Waals surface area contributed by atoms with Gasteiger partial charge in [-0.15, -0.1) is 0 Å². The summed E-state index contributed by atoms with van der Waals surface area (Å²) in [5, 5.41) is 6.98. The van der Waals surface area contributed by atoms with Crippen LogP contribution in [0.5, 0.6) is 0 Å². The third-order valence-corrected chi connectivity index (χ3v) is 3.63. The van der Waals surface area contributed by atoms with Gasteiger partial charge in [0, 0.05) is 11.8 Å². The Morgan fingerprint density at radius 3 is 2.67 bits per heavy atom. The fourth-order valence-electron chi connectivity index (χ4n) is 2.29. The molecular formula is C15H13FN4S. The largest absolute Gasteiger partial charge is 0.291 e. The molecule has 0 saturated heterocycles. The van der Waals surface area contributed by atoms with E-state index in [-0.39, 0.29) is 11.9 Å². The highest BCUT2D eigenvalue weighted by Gasteiger charge is 2.18. The smallest absolute Gasteiger partial charge is 0.196 e. The van der Waals surface area contributed by atoms with E-state index < -0.39 is 0 Å². The van der Waals surface area contributed by atoms with Gasteiger partial charge in [0.15, 0.2) is 10.6 Å². The van der Waals surface area contributed by atoms with Crippen molar-refractivity contribution < 1.29 is 4.39 Å². The van der Waals surface area contributed by atoms with E-state index in [2.05, 4.69) is 15.2 Å². The fourth-order valence-corrected chi connectivity index (χ4v) is 2.58. The van der Waals surface area contributed by atoms with Crippen molar-refractivity contribution in [1.29, 1.82) is 0 Å². The van der Waals surface area contributed by atoms with Gasteiger partial charge >= 0.3 is 0 Å². The number of hydrogen-bond donors (Lipinski definition) is 1. The number of rotatable bonds is 3. The van der Waals surface area contributed by atoms with Crippen LogP contribution < -0.4 is 0 Å². The number of nitrogens with one attached hydrogen (secondary N) is 1. The summed E-state index contributed by atoms with van der Waals surface area (Å²) in [5.41, 5.74) is 1.25. The zero-order valence-corrected chi connectivity index (χ0v) is 12.1. The molecule has 0 fully saturated rings. The Kier molecular flexibility index (Phi) is 3.62. The Morgan fingerprint density at radius 1 is 1.19 bits per heavy atom. The SMILES string of the molecule is CC(c1ccccc1F)n1c(-c2ccccn2)n[nH]c1=S. The van der Waals surface area contributed by atoms with Crippen LogP contribution >= 0.6 is 12.2 Å². The lowest BCUT2D eigenvalue weighted by Gasteiger charge is -2.16. The van der Waals surface area contributed by atoms with Crippen molar-refractivity contribution in [3.05, 3.63) is 64.8 Å². The third-order valence-electron chi connectivity index (χ3n) is 3.34. The number of aromatic amines is 1. The summed E-state index contributed by atoms with van der Waals surface area (Å²) in [6.45, 7) is 1.89. The van der Waals surface area contributed by atoms with Crippen LogP contribution in [0.25, 0.3) is 11.5 Å². The lowest BCUT2D eigenvalue weighted by atomic mass is 10.1. The standard InChI is InChI=1S/C15H13FN4S/c1-10(11-6-2-3-7-12(11)16)20-14(18-19-15(20)21)13-8-4-5-9-17-13/h2-10H,1H3,(H,19,21). The maximum Gasteiger partial charge on any atom is 0.196 e. The van der Waals surface area contributed by atoms with Crippen LogP contribution in [0.2, 0.25) is 0 Å². The van der Waals surface area contributed by atoms with Gasteiger partial charge in [0.2, 0.25) is 0 Å². The van der Waals surface area contributed by atoms with E-state index >= 15 is 0 Å². The highest BCUT2D eigenvalue weighted by atomic mass is 32.1. The predicted molar refractivity (Wildman–Crippen MR) is 80.9 cm³/mol. The van der Waals surface area contributed by atoms with Gasteiger partial charge in [-0.2, -0.15) is 5.10 Å². The number of H-pyrrole nitrogens is 1. The van der Waals surface area contributed by atoms with Crippen LogP contribution in [0.15, 0.2) is 48.7 Å². The number of hydrogen-bond acceptors (Lipinski definition) is 3. The molecule has 2 heterocycles. The monoisotopic (exact) mass is 300 g/mol. The number of aromatic nitrogens is 4. The minimum atomic E-state index is -0.283. The molecule has 1 aromatic carbocycles. The molecule has 1 unspecified atom stereocenters. The average molecular weight is 300 g/mol. The summed E-state index contributed by atoms with van der Waals surface area (Å²) in [7, 11) is 0. The molecule has 1 N–H and O–H groups in total. The van der Waals surface area contributed by atoms with Gasteiger partial charge in [-0.1, -0.05) is 24.3 Å². The van der Waals surface area contributed by atoms with Gasteiger partial charge in [0.05, 0.1) is 6.04 Å². The summed E-state index contributed by atoms with van der Waals surface area (Å²) in [4.78, 5) is 4.28. The van der Waals surface area contributed by atoms with Gasteiger partial charge in [0.25, 0.3) is 0 Å². The van der Waals surface area contributed by atoms with Gasteiger partial charge in [-0.3, -0.25) is 14.6 Å². The maximum absolute atomic E-state index is 14.0. The first-order valence-corrected chi connectivity index (χ1v) is 6.92. The van der Waals surface area contributed by atoms with Crippen molar-refractivity contribution in [2.45, 2.75) is 13.0 Å². The van der Waals surface area contributed by atoms with Crippen molar-refractivity contribution in [1.82, 2.24) is 19.7 Å². The number of halogens is 1. The first kappa shape index (κ1) is 13.6. The molecule has 0 bridgehead atoms. The molecule has 106 valence electrons. The number of pyridine rings is 1. The summed E-state index contributed by atoms with van der Waals surface area (Å²) >= 11 is 5.29. The van der Waals surface area contributed by atoms with E-state index in [1.807, 2.05) is 25.1 Å². The number of benzene rings is 1. The quantitative estimate of drug-likeness (QED) is 0.749. The van der Waals surface area contributed by atoms with Crippen molar-refractivity contribution >= 4 is 12.2 Å². The van der Waals surface area contributed by atoms with E-state index in [0.717, 1.165) is 0 Å². The number of nitrogens with zero attached hydrogens (tertiary/aromatic N) is 3. The van der Waals surface area contributed by atoms with E-state index in [1.54, 1.807) is 29.0 Å². The minimum absolute atomic E-state index is 0.264. The van der Waals surface area contributed by atoms with Crippen LogP contribution in [0.1, 0.15) is 18.5 Å². The van der Waals surface area contributed by atoms with Crippen molar-refractivity contribution in [2.75, 3.05) is 0 Å². The van der Waals surface area contributed by atoms with Crippen molar-refractivity contribution in [2.24, 2.45) is 0 Å². The van der Waals surface area contributed by atoms with E-state index in [0.29, 0.717) is 21.9 Å². The first-order valence-electron chi connectivity index (χ1n) is 6.51. The van der Waals surface area contributed by atoms with Gasteiger partial charge in [-0.25, -0.2) is 4.39 Å². The summed E-state index contributed by atoms with van der Waals surface area (Å²) in [5.74, 6) is 0.330. The Balaban J connectivity index is 2.14. The normalized spacial score (nSPS) is 12.3. The van der Waals surface area contributed by atoms with Crippen LogP contribution in [-0.4, -0.2) is 19.7 Å². The molecule has 0 aliphatic heterocycles. The molecule has 1 atom stereocenters. The van der Waals surface area contributed by atoms with E-state index in [4.69, 9.17) is 12.2 Å². The topological polar surface area (TPSA) is 46.5 Å². The van der Waals surface area contributed by atoms with Crippen molar-refractivity contribution in [3.8, 4) is 11.5 Å². The van der Waals surface area contributed by atoms with E-state index in [1.165, 1.54) is 6.07 Å². The second-order valence-electron chi connectivity index (χ2n) is 4.63. The molecule has 3 aromatic rings. The van der Waals surface area contributed by atoms with Crippen LogP contribution in [0.3, 0.4) is 0 Å². The summed E-state index contributed by atoms with van der Waals surface area (Å²) in [6, 6.07) is 11.9. The molecule has 3 rings (SSSR count). The highest BCUT2D eigenvalue weighted by Crippen LogP contribution is 2.25. The maximum atomic E-state index is 14.0. The first-order chi connectivity index (χ1) is 10.2. The van der Waals surface area contributed by atoms with Crippen LogP contribution in [0, 0.1) is 10.6 Å². The molecule has 0 spiro atoms. The summed E-state index contributed by atoms with van der Waals surface area (Å²) < 4.78 is 16.2. The summed E-state index contributed by atoms with van der Waals surface area (Å²) in [6.07, 6.45) is 1.69. The molecular weight excluding hydrogens is 287 g/mol. The third kappa shape index (κ3) is 2.50. The lowest BCUT2D eigenvalue weighted by Crippen LogP contribution is -2.11. The highest BCUT2D eigenvalue weighted by molar-refractivity contribution is 7.71. The molecule has 0 aliphatic carbocycles. The second-order valence-corrected chi connectivity index (χ2v) is 5.02. The average Bonchev–Trinajstić information content (AvgIpc) is 2.90. The Labute approximate surface area is 126 Å². The molecule has 0 amide bonds. The van der Waals surface area contributed by atoms with E-state index in [9.17, 15) is 4.39 Å². The Morgan fingerprint density at radius 2 is 1.95 bits per heavy atom. The second kappa shape index (κ2) is 5.57.